The zero-order chi connectivity index (χ0) is 30.4. The summed E-state index contributed by atoms with van der Waals surface area (Å²) in [5.74, 6) is 0.792. The fraction of sp³-hybridized carbons (Fsp3) is 0.677. The first-order chi connectivity index (χ1) is 20.1. The Kier molecular flexibility index (Phi) is 10.7. The quantitative estimate of drug-likeness (QED) is 0.354. The van der Waals surface area contributed by atoms with Gasteiger partial charge in [0, 0.05) is 63.4 Å². The first-order valence-corrected chi connectivity index (χ1v) is 15.3. The Balaban J connectivity index is 1.44. The molecule has 232 valence electrons. The Bertz CT molecular complexity index is 1190. The Morgan fingerprint density at radius 2 is 1.95 bits per heavy atom. The number of anilines is 1. The highest BCUT2D eigenvalue weighted by molar-refractivity contribution is 5.97. The molecule has 2 aromatic rings. The number of rotatable bonds is 14. The van der Waals surface area contributed by atoms with Gasteiger partial charge in [0.1, 0.15) is 17.9 Å². The van der Waals surface area contributed by atoms with E-state index < -0.39 is 5.82 Å². The minimum absolute atomic E-state index is 0.0438. The van der Waals surface area contributed by atoms with Gasteiger partial charge in [-0.2, -0.15) is 0 Å². The molecule has 1 atom stereocenters. The van der Waals surface area contributed by atoms with Crippen LogP contribution in [0.3, 0.4) is 0 Å². The summed E-state index contributed by atoms with van der Waals surface area (Å²) in [5, 5.41) is 17.3. The third kappa shape index (κ3) is 7.36. The van der Waals surface area contributed by atoms with Crippen molar-refractivity contribution >= 4 is 11.7 Å². The van der Waals surface area contributed by atoms with Crippen LogP contribution in [0.15, 0.2) is 24.5 Å². The first-order valence-electron chi connectivity index (χ1n) is 15.3. The molecule has 0 saturated carbocycles. The van der Waals surface area contributed by atoms with Crippen LogP contribution in [0.4, 0.5) is 10.2 Å². The zero-order valence-electron chi connectivity index (χ0n) is 26.1. The monoisotopic (exact) mass is 585 g/mol. The number of benzene rings is 1. The summed E-state index contributed by atoms with van der Waals surface area (Å²) in [7, 11) is 2.13. The van der Waals surface area contributed by atoms with Crippen LogP contribution in [0.5, 0.6) is 11.6 Å². The number of aromatic nitrogens is 3. The lowest BCUT2D eigenvalue weighted by Crippen LogP contribution is -2.62. The van der Waals surface area contributed by atoms with E-state index in [4.69, 9.17) is 9.84 Å². The molecule has 11 heteroatoms. The van der Waals surface area contributed by atoms with E-state index in [1.165, 1.54) is 24.5 Å². The van der Waals surface area contributed by atoms with Crippen LogP contribution in [0, 0.1) is 17.2 Å². The number of hydrogen-bond acceptors (Lipinski definition) is 9. The van der Waals surface area contributed by atoms with Gasteiger partial charge in [0.15, 0.2) is 5.82 Å². The van der Waals surface area contributed by atoms with Crippen LogP contribution in [0.2, 0.25) is 0 Å². The predicted molar refractivity (Wildman–Crippen MR) is 161 cm³/mol. The van der Waals surface area contributed by atoms with Gasteiger partial charge in [-0.1, -0.05) is 13.8 Å². The SMILES string of the molecule is CCN(C(=O)c1cc(F)ccc1Oc1nncnc1N1CCC2(C1)CN([C@H](CCN(C)CCCO)C(C)C)C2)C(C)C. The van der Waals surface area contributed by atoms with Gasteiger partial charge in [0.2, 0.25) is 0 Å². The molecule has 2 aliphatic heterocycles. The summed E-state index contributed by atoms with van der Waals surface area (Å²) in [4.78, 5) is 26.6. The number of carbonyl (C=O) groups is 1. The van der Waals surface area contributed by atoms with Crippen LogP contribution >= 0.6 is 0 Å². The lowest BCUT2D eigenvalue weighted by atomic mass is 9.76. The van der Waals surface area contributed by atoms with E-state index in [1.54, 1.807) is 4.90 Å². The minimum Gasteiger partial charge on any atom is -0.434 e. The van der Waals surface area contributed by atoms with Gasteiger partial charge in [-0.05, 0) is 77.7 Å². The summed E-state index contributed by atoms with van der Waals surface area (Å²) in [5.41, 5.74) is 0.338. The van der Waals surface area contributed by atoms with Gasteiger partial charge in [0.05, 0.1) is 5.56 Å². The van der Waals surface area contributed by atoms with Gasteiger partial charge >= 0.3 is 0 Å². The topological polar surface area (TPSA) is 98.2 Å². The average molecular weight is 586 g/mol. The lowest BCUT2D eigenvalue weighted by molar-refractivity contribution is -0.0354. The fourth-order valence-corrected chi connectivity index (χ4v) is 6.47. The van der Waals surface area contributed by atoms with E-state index in [-0.39, 0.29) is 41.2 Å². The maximum Gasteiger partial charge on any atom is 0.282 e. The van der Waals surface area contributed by atoms with E-state index >= 15 is 0 Å². The van der Waals surface area contributed by atoms with Crippen LogP contribution in [0.1, 0.15) is 64.2 Å². The van der Waals surface area contributed by atoms with E-state index in [2.05, 4.69) is 50.8 Å². The molecule has 0 bridgehead atoms. The maximum absolute atomic E-state index is 14.3. The molecule has 0 aliphatic carbocycles. The van der Waals surface area contributed by atoms with Gasteiger partial charge < -0.3 is 24.5 Å². The van der Waals surface area contributed by atoms with Crippen molar-refractivity contribution in [1.29, 1.82) is 0 Å². The van der Waals surface area contributed by atoms with Crippen molar-refractivity contribution in [2.45, 2.75) is 66.0 Å². The first kappa shape index (κ1) is 32.0. The van der Waals surface area contributed by atoms with Crippen molar-refractivity contribution in [3.63, 3.8) is 0 Å². The molecule has 0 unspecified atom stereocenters. The largest absolute Gasteiger partial charge is 0.434 e. The number of halogens is 1. The molecule has 1 spiro atoms. The Morgan fingerprint density at radius 3 is 2.62 bits per heavy atom. The second kappa shape index (κ2) is 14.1. The number of aliphatic hydroxyl groups excluding tert-OH is 1. The molecule has 1 N–H and O–H groups in total. The maximum atomic E-state index is 14.3. The van der Waals surface area contributed by atoms with Crippen molar-refractivity contribution in [3.05, 3.63) is 35.9 Å². The van der Waals surface area contributed by atoms with Gasteiger partial charge in [-0.3, -0.25) is 9.69 Å². The summed E-state index contributed by atoms with van der Waals surface area (Å²) in [6.45, 7) is 16.8. The second-order valence-electron chi connectivity index (χ2n) is 12.6. The molecule has 4 rings (SSSR count). The van der Waals surface area contributed by atoms with Gasteiger partial charge in [-0.25, -0.2) is 9.37 Å². The molecular formula is C31H48FN7O3. The number of ether oxygens (including phenoxy) is 1. The van der Waals surface area contributed by atoms with Crippen molar-refractivity contribution in [1.82, 2.24) is 29.9 Å². The molecule has 0 radical (unpaired) electrons. The van der Waals surface area contributed by atoms with Gasteiger partial charge in [-0.15, -0.1) is 10.2 Å². The molecular weight excluding hydrogens is 537 g/mol. The number of aliphatic hydroxyl groups is 1. The highest BCUT2D eigenvalue weighted by Crippen LogP contribution is 2.44. The lowest BCUT2D eigenvalue weighted by Gasteiger charge is -2.53. The van der Waals surface area contributed by atoms with Crippen LogP contribution in [0.25, 0.3) is 0 Å². The second-order valence-corrected chi connectivity index (χ2v) is 12.6. The van der Waals surface area contributed by atoms with Crippen LogP contribution < -0.4 is 9.64 Å². The smallest absolute Gasteiger partial charge is 0.282 e. The molecule has 2 aliphatic rings. The number of nitrogens with zero attached hydrogens (tertiary/aromatic N) is 7. The molecule has 10 nitrogen and oxygen atoms in total. The number of hydrogen-bond donors (Lipinski definition) is 1. The number of amides is 1. The van der Waals surface area contributed by atoms with Crippen molar-refractivity contribution in [2.24, 2.45) is 11.3 Å². The number of carbonyl (C=O) groups excluding carboxylic acids is 1. The van der Waals surface area contributed by atoms with E-state index in [0.717, 1.165) is 58.5 Å². The number of likely N-dealkylation sites (tertiary alicyclic amines) is 1. The van der Waals surface area contributed by atoms with E-state index in [1.807, 2.05) is 20.8 Å². The third-order valence-electron chi connectivity index (χ3n) is 8.73. The Labute approximate surface area is 249 Å². The van der Waals surface area contributed by atoms with Crippen LogP contribution in [-0.4, -0.2) is 112 Å². The molecule has 42 heavy (non-hydrogen) atoms. The Morgan fingerprint density at radius 1 is 1.19 bits per heavy atom. The van der Waals surface area contributed by atoms with Crippen molar-refractivity contribution in [3.8, 4) is 11.6 Å². The summed E-state index contributed by atoms with van der Waals surface area (Å²) in [6, 6.07) is 4.44. The van der Waals surface area contributed by atoms with E-state index in [9.17, 15) is 9.18 Å². The molecule has 2 fully saturated rings. The third-order valence-corrected chi connectivity index (χ3v) is 8.73. The van der Waals surface area contributed by atoms with Crippen LogP contribution in [-0.2, 0) is 0 Å². The Hall–Kier alpha value is -2.89. The standard InChI is InChI=1S/C31H48FN7O3/c1-7-39(23(4)5)30(41)25-17-24(32)9-10-27(25)42-29-28(33-21-34-35-29)37-15-12-31(18-37)19-38(20-31)26(22(2)3)11-14-36(6)13-8-16-40/h9-10,17,21-23,26,40H,7-8,11-16,18-20H2,1-6H3/t26-/m1/s1. The zero-order valence-corrected chi connectivity index (χ0v) is 26.1. The van der Waals surface area contributed by atoms with E-state index in [0.29, 0.717) is 24.3 Å². The van der Waals surface area contributed by atoms with Gasteiger partial charge in [0.25, 0.3) is 11.8 Å². The highest BCUT2D eigenvalue weighted by atomic mass is 19.1. The summed E-state index contributed by atoms with van der Waals surface area (Å²) < 4.78 is 20.4. The molecule has 3 heterocycles. The molecule has 1 aromatic carbocycles. The average Bonchev–Trinajstić information content (AvgIpc) is 3.38. The normalized spacial score (nSPS) is 17.4. The van der Waals surface area contributed by atoms with Crippen molar-refractivity contribution in [2.75, 3.05) is 64.4 Å². The summed E-state index contributed by atoms with van der Waals surface area (Å²) >= 11 is 0. The fourth-order valence-electron chi connectivity index (χ4n) is 6.47. The van der Waals surface area contributed by atoms with Crippen molar-refractivity contribution < 1.29 is 19.0 Å². The highest BCUT2D eigenvalue weighted by Gasteiger charge is 2.50. The predicted octanol–water partition coefficient (Wildman–Crippen LogP) is 3.91. The molecule has 1 amide bonds. The minimum atomic E-state index is -0.504. The summed E-state index contributed by atoms with van der Waals surface area (Å²) in [6.07, 6.45) is 4.38. The molecule has 2 saturated heterocycles. The molecule has 1 aromatic heterocycles.